The standard InChI is InChI=1S/C13H23N/c1-9(2)14-8-10-5-6-11-7-12(10)13(11,3)4/h5,9,11-12,14H,6-8H2,1-4H3. The Bertz CT molecular complexity index is 250. The summed E-state index contributed by atoms with van der Waals surface area (Å²) in [6.45, 7) is 10.4. The minimum Gasteiger partial charge on any atom is -0.311 e. The molecule has 0 aliphatic heterocycles. The van der Waals surface area contributed by atoms with Crippen LogP contribution in [0.25, 0.3) is 0 Å². The summed E-state index contributed by atoms with van der Waals surface area (Å²) in [7, 11) is 0. The fraction of sp³-hybridized carbons (Fsp3) is 0.846. The molecule has 0 aromatic rings. The van der Waals surface area contributed by atoms with Crippen molar-refractivity contribution >= 4 is 0 Å². The van der Waals surface area contributed by atoms with E-state index in [0.717, 1.165) is 18.4 Å². The van der Waals surface area contributed by atoms with Crippen LogP contribution < -0.4 is 5.32 Å². The maximum Gasteiger partial charge on any atom is 0.0169 e. The molecule has 2 atom stereocenters. The normalized spacial score (nSPS) is 33.9. The predicted molar refractivity (Wildman–Crippen MR) is 61.2 cm³/mol. The first-order valence-electron chi connectivity index (χ1n) is 5.94. The highest BCUT2D eigenvalue weighted by Crippen LogP contribution is 2.58. The number of fused-ring (bicyclic) bond motifs is 1. The molecule has 3 rings (SSSR count). The first-order chi connectivity index (χ1) is 6.51. The average molecular weight is 193 g/mol. The number of nitrogens with one attached hydrogen (secondary N) is 1. The Labute approximate surface area is 88.0 Å². The second-order valence-electron chi connectivity index (χ2n) is 5.86. The van der Waals surface area contributed by atoms with Crippen molar-refractivity contribution in [2.75, 3.05) is 6.54 Å². The van der Waals surface area contributed by atoms with E-state index in [1.807, 2.05) is 0 Å². The Kier molecular flexibility index (Phi) is 2.46. The van der Waals surface area contributed by atoms with E-state index in [2.05, 4.69) is 39.1 Å². The first kappa shape index (κ1) is 10.2. The summed E-state index contributed by atoms with van der Waals surface area (Å²) in [6, 6.07) is 0.608. The van der Waals surface area contributed by atoms with E-state index in [9.17, 15) is 0 Å². The molecule has 1 nitrogen and oxygen atoms in total. The molecule has 1 N–H and O–H groups in total. The van der Waals surface area contributed by atoms with Gasteiger partial charge in [0.15, 0.2) is 0 Å². The lowest BCUT2D eigenvalue weighted by atomic mass is 9.49. The molecule has 3 aliphatic carbocycles. The summed E-state index contributed by atoms with van der Waals surface area (Å²) in [4.78, 5) is 0. The van der Waals surface area contributed by atoms with Gasteiger partial charge < -0.3 is 5.32 Å². The number of allylic oxidation sites excluding steroid dienone is 1. The largest absolute Gasteiger partial charge is 0.311 e. The van der Waals surface area contributed by atoms with E-state index in [4.69, 9.17) is 0 Å². The molecule has 1 saturated carbocycles. The van der Waals surface area contributed by atoms with Crippen LogP contribution >= 0.6 is 0 Å². The van der Waals surface area contributed by atoms with Crippen molar-refractivity contribution in [3.05, 3.63) is 11.6 Å². The van der Waals surface area contributed by atoms with Crippen LogP contribution in [-0.2, 0) is 0 Å². The Balaban J connectivity index is 1.97. The van der Waals surface area contributed by atoms with Crippen molar-refractivity contribution in [2.45, 2.75) is 46.6 Å². The molecule has 0 spiro atoms. The summed E-state index contributed by atoms with van der Waals surface area (Å²) in [5.41, 5.74) is 2.26. The zero-order valence-corrected chi connectivity index (χ0v) is 9.93. The number of hydrogen-bond acceptors (Lipinski definition) is 1. The van der Waals surface area contributed by atoms with Gasteiger partial charge in [-0.25, -0.2) is 0 Å². The molecule has 0 amide bonds. The van der Waals surface area contributed by atoms with E-state index in [0.29, 0.717) is 11.5 Å². The fourth-order valence-electron chi connectivity index (χ4n) is 3.00. The second kappa shape index (κ2) is 3.37. The first-order valence-corrected chi connectivity index (χ1v) is 5.94. The summed E-state index contributed by atoms with van der Waals surface area (Å²) in [5, 5.41) is 3.54. The topological polar surface area (TPSA) is 12.0 Å². The number of hydrogen-bond donors (Lipinski definition) is 1. The van der Waals surface area contributed by atoms with Gasteiger partial charge in [-0.2, -0.15) is 0 Å². The minimum absolute atomic E-state index is 0.586. The van der Waals surface area contributed by atoms with Gasteiger partial charge in [-0.3, -0.25) is 0 Å². The third-order valence-corrected chi connectivity index (χ3v) is 4.30. The summed E-state index contributed by atoms with van der Waals surface area (Å²) >= 11 is 0. The van der Waals surface area contributed by atoms with Gasteiger partial charge in [-0.1, -0.05) is 39.3 Å². The highest BCUT2D eigenvalue weighted by molar-refractivity contribution is 5.24. The molecule has 3 aliphatic rings. The van der Waals surface area contributed by atoms with Crippen molar-refractivity contribution in [1.29, 1.82) is 0 Å². The molecule has 0 aromatic heterocycles. The highest BCUT2D eigenvalue weighted by Gasteiger charge is 2.50. The maximum atomic E-state index is 3.54. The van der Waals surface area contributed by atoms with Gasteiger partial charge in [-0.15, -0.1) is 0 Å². The number of rotatable bonds is 3. The zero-order chi connectivity index (χ0) is 10.3. The van der Waals surface area contributed by atoms with Crippen LogP contribution in [0.1, 0.15) is 40.5 Å². The van der Waals surface area contributed by atoms with Crippen molar-refractivity contribution in [2.24, 2.45) is 17.3 Å². The van der Waals surface area contributed by atoms with E-state index in [1.54, 1.807) is 5.57 Å². The Hall–Kier alpha value is -0.300. The molecule has 0 heterocycles. The molecule has 0 aromatic carbocycles. The predicted octanol–water partition coefficient (Wildman–Crippen LogP) is 2.98. The van der Waals surface area contributed by atoms with Gasteiger partial charge in [-0.05, 0) is 30.1 Å². The van der Waals surface area contributed by atoms with Crippen molar-refractivity contribution in [3.8, 4) is 0 Å². The molecule has 1 heteroatoms. The second-order valence-corrected chi connectivity index (χ2v) is 5.86. The highest BCUT2D eigenvalue weighted by atomic mass is 14.9. The van der Waals surface area contributed by atoms with Crippen LogP contribution in [0.3, 0.4) is 0 Å². The van der Waals surface area contributed by atoms with E-state index in [-0.39, 0.29) is 0 Å². The summed E-state index contributed by atoms with van der Waals surface area (Å²) in [6.07, 6.45) is 5.25. The van der Waals surface area contributed by atoms with Crippen LogP contribution in [0.2, 0.25) is 0 Å². The lowest BCUT2D eigenvalue weighted by Gasteiger charge is -2.56. The Morgan fingerprint density at radius 1 is 1.50 bits per heavy atom. The van der Waals surface area contributed by atoms with Gasteiger partial charge in [0.1, 0.15) is 0 Å². The smallest absolute Gasteiger partial charge is 0.0169 e. The van der Waals surface area contributed by atoms with E-state index < -0.39 is 0 Å². The molecular formula is C13H23N. The Morgan fingerprint density at radius 2 is 2.21 bits per heavy atom. The third kappa shape index (κ3) is 1.52. The van der Waals surface area contributed by atoms with Crippen LogP contribution in [0.4, 0.5) is 0 Å². The van der Waals surface area contributed by atoms with Gasteiger partial charge in [0, 0.05) is 12.6 Å². The van der Waals surface area contributed by atoms with Crippen LogP contribution in [0.5, 0.6) is 0 Å². The van der Waals surface area contributed by atoms with Gasteiger partial charge in [0.2, 0.25) is 0 Å². The monoisotopic (exact) mass is 193 g/mol. The molecule has 1 fully saturated rings. The van der Waals surface area contributed by atoms with E-state index >= 15 is 0 Å². The fourth-order valence-corrected chi connectivity index (χ4v) is 3.00. The summed E-state index contributed by atoms with van der Waals surface area (Å²) in [5.74, 6) is 1.84. The zero-order valence-electron chi connectivity index (χ0n) is 9.93. The van der Waals surface area contributed by atoms with Gasteiger partial charge in [0.05, 0.1) is 0 Å². The molecule has 14 heavy (non-hydrogen) atoms. The molecule has 0 radical (unpaired) electrons. The quantitative estimate of drug-likeness (QED) is 0.679. The lowest BCUT2D eigenvalue weighted by Crippen LogP contribution is -2.49. The lowest BCUT2D eigenvalue weighted by molar-refractivity contribution is -0.00749. The average Bonchev–Trinajstić information content (AvgIpc) is 2.14. The molecule has 80 valence electrons. The van der Waals surface area contributed by atoms with Crippen molar-refractivity contribution in [1.82, 2.24) is 5.32 Å². The maximum absolute atomic E-state index is 3.54. The molecular weight excluding hydrogens is 170 g/mol. The van der Waals surface area contributed by atoms with Crippen LogP contribution in [-0.4, -0.2) is 12.6 Å². The molecule has 2 unspecified atom stereocenters. The molecule has 0 saturated heterocycles. The van der Waals surface area contributed by atoms with Crippen molar-refractivity contribution in [3.63, 3.8) is 0 Å². The Morgan fingerprint density at radius 3 is 2.71 bits per heavy atom. The van der Waals surface area contributed by atoms with Gasteiger partial charge in [0.25, 0.3) is 0 Å². The SMILES string of the molecule is CC(C)NCC1=CCC2CC1C2(C)C. The van der Waals surface area contributed by atoms with Crippen molar-refractivity contribution < 1.29 is 0 Å². The van der Waals surface area contributed by atoms with Crippen LogP contribution in [0.15, 0.2) is 11.6 Å². The molecule has 2 bridgehead atoms. The summed E-state index contributed by atoms with van der Waals surface area (Å²) < 4.78 is 0. The minimum atomic E-state index is 0.586. The van der Waals surface area contributed by atoms with E-state index in [1.165, 1.54) is 12.8 Å². The third-order valence-electron chi connectivity index (χ3n) is 4.30. The van der Waals surface area contributed by atoms with Crippen LogP contribution in [0, 0.1) is 17.3 Å². The van der Waals surface area contributed by atoms with Gasteiger partial charge >= 0.3 is 0 Å².